The zero-order valence-electron chi connectivity index (χ0n) is 9.95. The second-order valence-electron chi connectivity index (χ2n) is 3.82. The van der Waals surface area contributed by atoms with Gasteiger partial charge in [0, 0.05) is 13.1 Å². The van der Waals surface area contributed by atoms with Gasteiger partial charge in [-0.15, -0.1) is 10.2 Å². The molecule has 0 fully saturated rings. The van der Waals surface area contributed by atoms with Crippen LogP contribution < -0.4 is 5.32 Å². The summed E-state index contributed by atoms with van der Waals surface area (Å²) in [7, 11) is 1.87. The van der Waals surface area contributed by atoms with E-state index in [2.05, 4.69) is 41.2 Å². The fraction of sp³-hybridized carbons (Fsp3) is 0.800. The maximum Gasteiger partial charge on any atom is 0.205 e. The summed E-state index contributed by atoms with van der Waals surface area (Å²) >= 11 is 1.63. The average Bonchev–Trinajstić information content (AvgIpc) is 2.65. The van der Waals surface area contributed by atoms with Crippen molar-refractivity contribution in [2.24, 2.45) is 0 Å². The number of hydrogen-bond donors (Lipinski definition) is 1. The van der Waals surface area contributed by atoms with E-state index in [1.165, 1.54) is 6.42 Å². The third-order valence-electron chi connectivity index (χ3n) is 2.26. The summed E-state index contributed by atoms with van der Waals surface area (Å²) in [4.78, 5) is 2.42. The van der Waals surface area contributed by atoms with E-state index in [-0.39, 0.29) is 0 Å². The first-order valence-corrected chi connectivity index (χ1v) is 6.23. The summed E-state index contributed by atoms with van der Waals surface area (Å²) in [6, 6.07) is 0.562. The van der Waals surface area contributed by atoms with Gasteiger partial charge >= 0.3 is 0 Å². The Morgan fingerprint density at radius 3 is 2.60 bits per heavy atom. The summed E-state index contributed by atoms with van der Waals surface area (Å²) < 4.78 is 0. The van der Waals surface area contributed by atoms with Crippen LogP contribution in [0.4, 0.5) is 5.13 Å². The Hall–Kier alpha value is -0.680. The van der Waals surface area contributed by atoms with Gasteiger partial charge in [0.1, 0.15) is 5.01 Å². The van der Waals surface area contributed by atoms with E-state index in [0.717, 1.165) is 23.2 Å². The highest BCUT2D eigenvalue weighted by molar-refractivity contribution is 7.15. The zero-order chi connectivity index (χ0) is 11.3. The molecule has 0 spiro atoms. The molecule has 0 unspecified atom stereocenters. The summed E-state index contributed by atoms with van der Waals surface area (Å²) in [6.07, 6.45) is 1.18. The summed E-state index contributed by atoms with van der Waals surface area (Å²) in [5.74, 6) is 0. The van der Waals surface area contributed by atoms with Crippen molar-refractivity contribution >= 4 is 16.5 Å². The van der Waals surface area contributed by atoms with E-state index < -0.39 is 0 Å². The Kier molecular flexibility index (Phi) is 4.98. The molecule has 1 aromatic rings. The molecule has 86 valence electrons. The molecule has 0 aromatic carbocycles. The molecule has 0 radical (unpaired) electrons. The van der Waals surface area contributed by atoms with Crippen molar-refractivity contribution in [1.82, 2.24) is 15.1 Å². The first-order chi connectivity index (χ1) is 7.17. The molecule has 1 aromatic heterocycles. The highest BCUT2D eigenvalue weighted by Gasteiger charge is 2.11. The Balaban J connectivity index is 2.57. The molecule has 0 saturated heterocycles. The summed E-state index contributed by atoms with van der Waals surface area (Å²) in [5, 5.41) is 13.2. The molecule has 1 rings (SSSR count). The summed E-state index contributed by atoms with van der Waals surface area (Å²) in [6.45, 7) is 8.66. The fourth-order valence-electron chi connectivity index (χ4n) is 1.40. The molecule has 0 bridgehead atoms. The normalized spacial score (nSPS) is 11.3. The molecule has 1 heterocycles. The van der Waals surface area contributed by atoms with Crippen molar-refractivity contribution in [3.63, 3.8) is 0 Å². The number of nitrogens with one attached hydrogen (secondary N) is 1. The van der Waals surface area contributed by atoms with E-state index in [0.29, 0.717) is 6.04 Å². The molecular formula is C10H20N4S. The van der Waals surface area contributed by atoms with Crippen LogP contribution in [0, 0.1) is 0 Å². The predicted octanol–water partition coefficient (Wildman–Crippen LogP) is 2.20. The van der Waals surface area contributed by atoms with Crippen LogP contribution in [0.15, 0.2) is 0 Å². The van der Waals surface area contributed by atoms with Crippen LogP contribution in [-0.2, 0) is 6.54 Å². The molecule has 0 amide bonds. The number of rotatable bonds is 6. The van der Waals surface area contributed by atoms with Crippen LogP contribution in [0.25, 0.3) is 0 Å². The van der Waals surface area contributed by atoms with Crippen molar-refractivity contribution in [2.45, 2.75) is 39.8 Å². The van der Waals surface area contributed by atoms with Gasteiger partial charge in [-0.2, -0.15) is 0 Å². The van der Waals surface area contributed by atoms with Crippen LogP contribution in [0.1, 0.15) is 32.2 Å². The molecule has 0 aliphatic rings. The first-order valence-electron chi connectivity index (χ1n) is 5.41. The van der Waals surface area contributed by atoms with Crippen molar-refractivity contribution in [2.75, 3.05) is 18.9 Å². The van der Waals surface area contributed by atoms with Gasteiger partial charge in [0.2, 0.25) is 5.13 Å². The van der Waals surface area contributed by atoms with E-state index in [4.69, 9.17) is 0 Å². The standard InChI is InChI=1S/C10H20N4S/c1-5-6-14(8(2)3)7-9-12-13-10(11-4)15-9/h8H,5-7H2,1-4H3,(H,11,13). The Morgan fingerprint density at radius 2 is 2.13 bits per heavy atom. The zero-order valence-corrected chi connectivity index (χ0v) is 10.8. The average molecular weight is 228 g/mol. The quantitative estimate of drug-likeness (QED) is 0.810. The first kappa shape index (κ1) is 12.4. The lowest BCUT2D eigenvalue weighted by molar-refractivity contribution is 0.212. The Bertz CT molecular complexity index is 285. The van der Waals surface area contributed by atoms with Crippen LogP contribution in [-0.4, -0.2) is 34.7 Å². The molecule has 1 N–H and O–H groups in total. The smallest absolute Gasteiger partial charge is 0.205 e. The summed E-state index contributed by atoms with van der Waals surface area (Å²) in [5.41, 5.74) is 0. The Labute approximate surface area is 95.7 Å². The van der Waals surface area contributed by atoms with Crippen LogP contribution in [0.5, 0.6) is 0 Å². The third-order valence-corrected chi connectivity index (χ3v) is 3.19. The molecule has 4 nitrogen and oxygen atoms in total. The van der Waals surface area contributed by atoms with Gasteiger partial charge in [-0.3, -0.25) is 4.90 Å². The number of nitrogens with zero attached hydrogens (tertiary/aromatic N) is 3. The van der Waals surface area contributed by atoms with Gasteiger partial charge in [0.15, 0.2) is 0 Å². The van der Waals surface area contributed by atoms with Crippen LogP contribution in [0.3, 0.4) is 0 Å². The molecular weight excluding hydrogens is 208 g/mol. The maximum absolute atomic E-state index is 4.16. The van der Waals surface area contributed by atoms with Crippen molar-refractivity contribution < 1.29 is 0 Å². The highest BCUT2D eigenvalue weighted by atomic mass is 32.1. The minimum atomic E-state index is 0.562. The predicted molar refractivity (Wildman–Crippen MR) is 65.3 cm³/mol. The van der Waals surface area contributed by atoms with Gasteiger partial charge in [-0.1, -0.05) is 18.3 Å². The van der Waals surface area contributed by atoms with E-state index in [1.54, 1.807) is 11.3 Å². The largest absolute Gasteiger partial charge is 0.363 e. The number of anilines is 1. The third kappa shape index (κ3) is 3.76. The Morgan fingerprint density at radius 1 is 1.40 bits per heavy atom. The molecule has 0 saturated carbocycles. The molecule has 0 atom stereocenters. The second-order valence-corrected chi connectivity index (χ2v) is 4.88. The lowest BCUT2D eigenvalue weighted by Crippen LogP contribution is -2.30. The highest BCUT2D eigenvalue weighted by Crippen LogP contribution is 2.17. The van der Waals surface area contributed by atoms with Crippen LogP contribution >= 0.6 is 11.3 Å². The molecule has 15 heavy (non-hydrogen) atoms. The van der Waals surface area contributed by atoms with E-state index in [1.807, 2.05) is 7.05 Å². The van der Waals surface area contributed by atoms with Crippen molar-refractivity contribution in [1.29, 1.82) is 0 Å². The van der Waals surface area contributed by atoms with Gasteiger partial charge in [0.25, 0.3) is 0 Å². The monoisotopic (exact) mass is 228 g/mol. The van der Waals surface area contributed by atoms with Gasteiger partial charge < -0.3 is 5.32 Å². The minimum absolute atomic E-state index is 0.562. The topological polar surface area (TPSA) is 41.1 Å². The van der Waals surface area contributed by atoms with Crippen molar-refractivity contribution in [3.05, 3.63) is 5.01 Å². The lowest BCUT2D eigenvalue weighted by Gasteiger charge is -2.24. The molecule has 0 aliphatic carbocycles. The lowest BCUT2D eigenvalue weighted by atomic mass is 10.3. The van der Waals surface area contributed by atoms with E-state index in [9.17, 15) is 0 Å². The molecule has 0 aliphatic heterocycles. The number of aromatic nitrogens is 2. The maximum atomic E-state index is 4.16. The van der Waals surface area contributed by atoms with Gasteiger partial charge in [-0.05, 0) is 26.8 Å². The van der Waals surface area contributed by atoms with Crippen molar-refractivity contribution in [3.8, 4) is 0 Å². The second kappa shape index (κ2) is 6.02. The van der Waals surface area contributed by atoms with E-state index >= 15 is 0 Å². The molecule has 5 heteroatoms. The van der Waals surface area contributed by atoms with Gasteiger partial charge in [-0.25, -0.2) is 0 Å². The van der Waals surface area contributed by atoms with Crippen LogP contribution in [0.2, 0.25) is 0 Å². The fourth-order valence-corrected chi connectivity index (χ4v) is 2.12. The number of hydrogen-bond acceptors (Lipinski definition) is 5. The SMILES string of the molecule is CCCN(Cc1nnc(NC)s1)C(C)C. The van der Waals surface area contributed by atoms with Gasteiger partial charge in [0.05, 0.1) is 6.54 Å². The minimum Gasteiger partial charge on any atom is -0.363 e.